The first-order valence-corrected chi connectivity index (χ1v) is 9.97. The van der Waals surface area contributed by atoms with Gasteiger partial charge in [0.2, 0.25) is 11.8 Å². The van der Waals surface area contributed by atoms with Crippen molar-refractivity contribution in [2.24, 2.45) is 0 Å². The van der Waals surface area contributed by atoms with Crippen LogP contribution < -0.4 is 5.32 Å². The van der Waals surface area contributed by atoms with Gasteiger partial charge in [-0.15, -0.1) is 0 Å². The average Bonchev–Trinajstić information content (AvgIpc) is 3.08. The normalized spacial score (nSPS) is 18.8. The summed E-state index contributed by atoms with van der Waals surface area (Å²) in [7, 11) is 0. The number of piperidine rings is 1. The number of hydrogen-bond donors (Lipinski definition) is 1. The predicted molar refractivity (Wildman–Crippen MR) is 108 cm³/mol. The molecule has 1 atom stereocenters. The molecule has 162 valence electrons. The molecule has 3 aromatic rings. The number of carbonyl (C=O) groups is 3. The zero-order valence-electron chi connectivity index (χ0n) is 16.6. The van der Waals surface area contributed by atoms with Gasteiger partial charge in [-0.2, -0.15) is 13.2 Å². The molecule has 2 aliphatic heterocycles. The van der Waals surface area contributed by atoms with Gasteiger partial charge in [-0.1, -0.05) is 18.2 Å². The van der Waals surface area contributed by atoms with E-state index in [1.54, 1.807) is 30.3 Å². The molecule has 3 amide bonds. The van der Waals surface area contributed by atoms with Crippen LogP contribution in [0.3, 0.4) is 0 Å². The molecule has 0 spiro atoms. The molecule has 2 aliphatic rings. The molecule has 0 aliphatic carbocycles. The average molecular weight is 439 g/mol. The monoisotopic (exact) mass is 439 g/mol. The molecule has 2 aromatic carbocycles. The number of pyridine rings is 1. The predicted octanol–water partition coefficient (Wildman–Crippen LogP) is 3.68. The lowest BCUT2D eigenvalue weighted by atomic mass is 10.0. The minimum absolute atomic E-state index is 0.169. The summed E-state index contributed by atoms with van der Waals surface area (Å²) >= 11 is 0. The van der Waals surface area contributed by atoms with E-state index in [4.69, 9.17) is 0 Å². The second-order valence-electron chi connectivity index (χ2n) is 7.87. The fourth-order valence-electron chi connectivity index (χ4n) is 4.19. The lowest BCUT2D eigenvalue weighted by molar-refractivity contribution is -0.138. The highest BCUT2D eigenvalue weighted by atomic mass is 19.4. The van der Waals surface area contributed by atoms with Crippen LogP contribution in [0.1, 0.15) is 34.3 Å². The first-order chi connectivity index (χ1) is 15.2. The van der Waals surface area contributed by atoms with Gasteiger partial charge in [0, 0.05) is 29.5 Å². The fourth-order valence-corrected chi connectivity index (χ4v) is 4.19. The molecule has 6 nitrogen and oxygen atoms in total. The van der Waals surface area contributed by atoms with Crippen molar-refractivity contribution in [3.8, 4) is 11.3 Å². The third-order valence-corrected chi connectivity index (χ3v) is 5.84. The van der Waals surface area contributed by atoms with E-state index in [9.17, 15) is 27.6 Å². The fraction of sp³-hybridized carbons (Fsp3) is 0.217. The zero-order valence-corrected chi connectivity index (χ0v) is 16.6. The maximum Gasteiger partial charge on any atom is 0.416 e. The van der Waals surface area contributed by atoms with Gasteiger partial charge in [0.15, 0.2) is 0 Å². The highest BCUT2D eigenvalue weighted by Gasteiger charge is 2.39. The van der Waals surface area contributed by atoms with Crippen molar-refractivity contribution in [2.75, 3.05) is 0 Å². The molecule has 3 heterocycles. The summed E-state index contributed by atoms with van der Waals surface area (Å²) in [5.41, 5.74) is 1.74. The Kier molecular flexibility index (Phi) is 4.51. The lowest BCUT2D eigenvalue weighted by Gasteiger charge is -2.29. The van der Waals surface area contributed by atoms with E-state index in [0.717, 1.165) is 12.1 Å². The molecular formula is C23H16F3N3O3. The Morgan fingerprint density at radius 2 is 1.78 bits per heavy atom. The molecule has 32 heavy (non-hydrogen) atoms. The van der Waals surface area contributed by atoms with E-state index in [0.29, 0.717) is 27.8 Å². The second-order valence-corrected chi connectivity index (χ2v) is 7.87. The van der Waals surface area contributed by atoms with Crippen LogP contribution in [0.4, 0.5) is 13.2 Å². The maximum atomic E-state index is 13.1. The van der Waals surface area contributed by atoms with Gasteiger partial charge in [-0.25, -0.2) is 4.98 Å². The van der Waals surface area contributed by atoms with E-state index in [1.165, 1.54) is 11.0 Å². The number of halogens is 3. The van der Waals surface area contributed by atoms with E-state index in [1.807, 2.05) is 0 Å². The van der Waals surface area contributed by atoms with Crippen LogP contribution in [0.2, 0.25) is 0 Å². The van der Waals surface area contributed by atoms with Gasteiger partial charge in [-0.05, 0) is 42.3 Å². The van der Waals surface area contributed by atoms with Crippen LogP contribution in [0.15, 0.2) is 48.5 Å². The Morgan fingerprint density at radius 1 is 1.00 bits per heavy atom. The van der Waals surface area contributed by atoms with Gasteiger partial charge in [-0.3, -0.25) is 19.7 Å². The van der Waals surface area contributed by atoms with E-state index in [-0.39, 0.29) is 36.7 Å². The molecule has 0 bridgehead atoms. The summed E-state index contributed by atoms with van der Waals surface area (Å²) < 4.78 is 39.2. The minimum Gasteiger partial charge on any atom is -0.322 e. The highest BCUT2D eigenvalue weighted by molar-refractivity contribution is 6.05. The summed E-state index contributed by atoms with van der Waals surface area (Å²) in [6.07, 6.45) is -4.02. The molecule has 1 fully saturated rings. The van der Waals surface area contributed by atoms with Gasteiger partial charge in [0.05, 0.1) is 16.8 Å². The topological polar surface area (TPSA) is 79.4 Å². The van der Waals surface area contributed by atoms with Gasteiger partial charge < -0.3 is 4.90 Å². The largest absolute Gasteiger partial charge is 0.416 e. The van der Waals surface area contributed by atoms with Crippen LogP contribution in [-0.4, -0.2) is 33.6 Å². The van der Waals surface area contributed by atoms with Crippen molar-refractivity contribution < 1.29 is 27.6 Å². The molecule has 9 heteroatoms. The summed E-state index contributed by atoms with van der Waals surface area (Å²) in [5, 5.41) is 2.85. The van der Waals surface area contributed by atoms with Crippen molar-refractivity contribution in [1.82, 2.24) is 15.2 Å². The van der Waals surface area contributed by atoms with E-state index < -0.39 is 23.7 Å². The Morgan fingerprint density at radius 3 is 2.53 bits per heavy atom. The number of amides is 3. The number of rotatable bonds is 2. The van der Waals surface area contributed by atoms with Crippen LogP contribution in [0.25, 0.3) is 22.2 Å². The molecule has 1 aromatic heterocycles. The van der Waals surface area contributed by atoms with Crippen molar-refractivity contribution in [3.05, 3.63) is 65.2 Å². The Labute approximate surface area is 180 Å². The van der Waals surface area contributed by atoms with E-state index in [2.05, 4.69) is 10.3 Å². The minimum atomic E-state index is -4.46. The lowest BCUT2D eigenvalue weighted by Crippen LogP contribution is -2.52. The number of carbonyl (C=O) groups excluding carboxylic acids is 3. The third kappa shape index (κ3) is 3.39. The van der Waals surface area contributed by atoms with Crippen LogP contribution in [0.5, 0.6) is 0 Å². The number of alkyl halides is 3. The van der Waals surface area contributed by atoms with Gasteiger partial charge in [0.25, 0.3) is 5.91 Å². The summed E-state index contributed by atoms with van der Waals surface area (Å²) in [6, 6.07) is 11.2. The van der Waals surface area contributed by atoms with Gasteiger partial charge in [0.1, 0.15) is 6.04 Å². The molecular weight excluding hydrogens is 423 g/mol. The SMILES string of the molecule is O=C1CCC(N2Cc3cc(-c4ccc5ccc(C(F)(F)F)cc5n4)ccc3C2=O)C(=O)N1. The number of nitrogens with one attached hydrogen (secondary N) is 1. The van der Waals surface area contributed by atoms with Crippen LogP contribution >= 0.6 is 0 Å². The van der Waals surface area contributed by atoms with Crippen LogP contribution in [0, 0.1) is 0 Å². The zero-order chi connectivity index (χ0) is 22.6. The van der Waals surface area contributed by atoms with Crippen LogP contribution in [-0.2, 0) is 22.3 Å². The summed E-state index contributed by atoms with van der Waals surface area (Å²) in [6.45, 7) is 0.208. The first kappa shape index (κ1) is 20.2. The summed E-state index contributed by atoms with van der Waals surface area (Å²) in [5.74, 6) is -1.13. The van der Waals surface area contributed by atoms with Crippen molar-refractivity contribution in [1.29, 1.82) is 0 Å². The quantitative estimate of drug-likeness (QED) is 0.618. The maximum absolute atomic E-state index is 13.1. The van der Waals surface area contributed by atoms with Crippen molar-refractivity contribution in [2.45, 2.75) is 31.6 Å². The van der Waals surface area contributed by atoms with Crippen molar-refractivity contribution in [3.63, 3.8) is 0 Å². The van der Waals surface area contributed by atoms with Crippen molar-refractivity contribution >= 4 is 28.6 Å². The highest BCUT2D eigenvalue weighted by Crippen LogP contribution is 2.33. The Hall–Kier alpha value is -3.75. The Balaban J connectivity index is 1.47. The number of fused-ring (bicyclic) bond motifs is 2. The number of hydrogen-bond acceptors (Lipinski definition) is 4. The standard InChI is InChI=1S/C23H16F3N3O3/c24-23(25,26)15-4-1-12-3-6-17(27-18(12)10-15)13-2-5-16-14(9-13)11-29(22(16)32)19-7-8-20(30)28-21(19)31/h1-6,9-10,19H,7-8,11H2,(H,28,30,31). The molecule has 0 saturated carbocycles. The molecule has 0 radical (unpaired) electrons. The number of imide groups is 1. The smallest absolute Gasteiger partial charge is 0.322 e. The van der Waals surface area contributed by atoms with E-state index >= 15 is 0 Å². The third-order valence-electron chi connectivity index (χ3n) is 5.84. The summed E-state index contributed by atoms with van der Waals surface area (Å²) in [4.78, 5) is 42.2. The molecule has 1 N–H and O–H groups in total. The number of benzene rings is 2. The second kappa shape index (κ2) is 7.15. The molecule has 1 saturated heterocycles. The van der Waals surface area contributed by atoms with Gasteiger partial charge >= 0.3 is 6.18 Å². The Bertz CT molecular complexity index is 1300. The first-order valence-electron chi connectivity index (χ1n) is 9.97. The number of aromatic nitrogens is 1. The number of nitrogens with zero attached hydrogens (tertiary/aromatic N) is 2. The molecule has 1 unspecified atom stereocenters. The molecule has 5 rings (SSSR count).